The van der Waals surface area contributed by atoms with E-state index < -0.39 is 43.9 Å². The summed E-state index contributed by atoms with van der Waals surface area (Å²) in [5.74, 6) is 0.546. The minimum atomic E-state index is -3.80. The number of hydrogen-bond acceptors (Lipinski definition) is 10. The fraction of sp³-hybridized carbons (Fsp3) is 0.519. The Balaban J connectivity index is 1.22. The molecule has 43 heavy (non-hydrogen) atoms. The van der Waals surface area contributed by atoms with Gasteiger partial charge in [0.05, 0.1) is 30.3 Å². The molecule has 2 fully saturated rings. The predicted octanol–water partition coefficient (Wildman–Crippen LogP) is 2.23. The highest BCUT2D eigenvalue weighted by Gasteiger charge is 2.46. The lowest BCUT2D eigenvalue weighted by Gasteiger charge is -2.37. The Hall–Kier alpha value is -2.47. The maximum Gasteiger partial charge on any atom is 0.407 e. The van der Waals surface area contributed by atoms with Crippen LogP contribution in [-0.4, -0.2) is 96.7 Å². The Morgan fingerprint density at radius 1 is 1.16 bits per heavy atom. The van der Waals surface area contributed by atoms with Crippen LogP contribution in [0.2, 0.25) is 0 Å². The van der Waals surface area contributed by atoms with Gasteiger partial charge in [-0.15, -0.1) is 0 Å². The number of nitrogens with zero attached hydrogens (tertiary/aromatic N) is 1. The first-order chi connectivity index (χ1) is 20.4. The maximum atomic E-state index is 13.4. The minimum absolute atomic E-state index is 0.0210. The van der Waals surface area contributed by atoms with Crippen molar-refractivity contribution in [1.29, 1.82) is 0 Å². The van der Waals surface area contributed by atoms with Crippen molar-refractivity contribution in [3.05, 3.63) is 46.9 Å². The van der Waals surface area contributed by atoms with Crippen LogP contribution in [0.25, 0.3) is 0 Å². The second-order valence-corrected chi connectivity index (χ2v) is 14.9. The summed E-state index contributed by atoms with van der Waals surface area (Å²) in [7, 11) is -6.14. The summed E-state index contributed by atoms with van der Waals surface area (Å²) in [6, 6.07) is 10.7. The van der Waals surface area contributed by atoms with E-state index in [1.165, 1.54) is 35.6 Å². The number of hydrogen-bond donors (Lipinski definition) is 3. The van der Waals surface area contributed by atoms with E-state index >= 15 is 0 Å². The van der Waals surface area contributed by atoms with Crippen molar-refractivity contribution >= 4 is 42.1 Å². The van der Waals surface area contributed by atoms with Crippen LogP contribution < -0.4 is 19.5 Å². The van der Waals surface area contributed by atoms with Crippen molar-refractivity contribution in [2.24, 2.45) is 0 Å². The Morgan fingerprint density at radius 2 is 1.91 bits per heavy atom. The molecular formula is C27H36BrN3O10S2. The van der Waals surface area contributed by atoms with Crippen LogP contribution >= 0.6 is 15.9 Å². The number of aliphatic hydroxyl groups excluding tert-OH is 1. The zero-order valence-corrected chi connectivity index (χ0v) is 27.0. The number of benzene rings is 2. The summed E-state index contributed by atoms with van der Waals surface area (Å²) in [4.78, 5) is 12.5. The number of rotatable bonds is 12. The molecule has 4 rings (SSSR count). The number of ether oxygens (including phenoxy) is 4. The fourth-order valence-electron chi connectivity index (χ4n) is 4.95. The highest BCUT2D eigenvalue weighted by Crippen LogP contribution is 2.39. The van der Waals surface area contributed by atoms with E-state index in [1.54, 1.807) is 25.1 Å². The third-order valence-electron chi connectivity index (χ3n) is 7.21. The highest BCUT2D eigenvalue weighted by molar-refractivity contribution is 9.10. The van der Waals surface area contributed by atoms with E-state index in [4.69, 9.17) is 18.9 Å². The lowest BCUT2D eigenvalue weighted by atomic mass is 9.89. The number of carbonyl (C=O) groups is 1. The van der Waals surface area contributed by atoms with Gasteiger partial charge in [0.15, 0.2) is 0 Å². The molecule has 0 aromatic heterocycles. The Kier molecular flexibility index (Phi) is 11.0. The molecule has 2 aromatic rings. The summed E-state index contributed by atoms with van der Waals surface area (Å²) >= 11 is 3.34. The molecular weight excluding hydrogens is 670 g/mol. The Labute approximate surface area is 260 Å². The molecule has 2 aliphatic heterocycles. The standard InChI is InChI=1S/C27H36BrN3O10S2/c1-3-38-24-8-7-19(28)13-25(24)43(36,37)31-11-9-27(10-12-31)15-22(18-40-27)41-26(33)30-16-20(32)17-39-21-5-4-6-23(14-21)42(34,35)29-2/h4-8,13-14,20,22,29,32H,3,9-12,15-18H2,1-2H3,(H,30,33)/t20?,22-/m0/s1. The topological polar surface area (TPSA) is 170 Å². The van der Waals surface area contributed by atoms with E-state index in [-0.39, 0.29) is 48.4 Å². The molecule has 0 radical (unpaired) electrons. The van der Waals surface area contributed by atoms with Gasteiger partial charge in [-0.25, -0.2) is 26.4 Å². The van der Waals surface area contributed by atoms with Crippen molar-refractivity contribution in [3.63, 3.8) is 0 Å². The van der Waals surface area contributed by atoms with E-state index in [9.17, 15) is 26.7 Å². The number of aliphatic hydroxyl groups is 1. The molecule has 0 aliphatic carbocycles. The molecule has 3 N–H and O–H groups in total. The van der Waals surface area contributed by atoms with Gasteiger partial charge in [0, 0.05) is 30.0 Å². The predicted molar refractivity (Wildman–Crippen MR) is 159 cm³/mol. The number of halogens is 1. The molecule has 1 spiro atoms. The smallest absolute Gasteiger partial charge is 0.407 e. The lowest BCUT2D eigenvalue weighted by Crippen LogP contribution is -2.46. The van der Waals surface area contributed by atoms with Crippen LogP contribution in [0.5, 0.6) is 11.5 Å². The molecule has 1 unspecified atom stereocenters. The van der Waals surface area contributed by atoms with Crippen LogP contribution in [0.3, 0.4) is 0 Å². The lowest BCUT2D eigenvalue weighted by molar-refractivity contribution is -0.0325. The van der Waals surface area contributed by atoms with Crippen LogP contribution in [0, 0.1) is 0 Å². The highest BCUT2D eigenvalue weighted by atomic mass is 79.9. The van der Waals surface area contributed by atoms with Crippen LogP contribution in [-0.2, 0) is 29.5 Å². The van der Waals surface area contributed by atoms with Crippen molar-refractivity contribution in [2.75, 3.05) is 46.5 Å². The normalized spacial score (nSPS) is 19.6. The summed E-state index contributed by atoms with van der Waals surface area (Å²) < 4.78 is 77.5. The number of carbonyl (C=O) groups excluding carboxylic acids is 1. The summed E-state index contributed by atoms with van der Waals surface area (Å²) in [6.45, 7) is 2.45. The van der Waals surface area contributed by atoms with Crippen LogP contribution in [0.1, 0.15) is 26.2 Å². The number of alkyl carbamates (subject to hydrolysis) is 1. The van der Waals surface area contributed by atoms with Crippen LogP contribution in [0.15, 0.2) is 56.7 Å². The van der Waals surface area contributed by atoms with Gasteiger partial charge < -0.3 is 29.4 Å². The van der Waals surface area contributed by atoms with Gasteiger partial charge in [0.1, 0.15) is 35.2 Å². The second kappa shape index (κ2) is 14.1. The molecule has 16 heteroatoms. The largest absolute Gasteiger partial charge is 0.492 e. The van der Waals surface area contributed by atoms with Gasteiger partial charge in [0.25, 0.3) is 0 Å². The average Bonchev–Trinajstić information content (AvgIpc) is 3.37. The number of piperidine rings is 1. The summed E-state index contributed by atoms with van der Waals surface area (Å²) in [5, 5.41) is 12.7. The molecule has 0 saturated carbocycles. The zero-order chi connectivity index (χ0) is 31.3. The van der Waals surface area contributed by atoms with Crippen LogP contribution in [0.4, 0.5) is 4.79 Å². The molecule has 2 aromatic carbocycles. The van der Waals surface area contributed by atoms with Crippen molar-refractivity contribution in [2.45, 2.75) is 53.8 Å². The van der Waals surface area contributed by atoms with Crippen molar-refractivity contribution in [1.82, 2.24) is 14.3 Å². The third-order valence-corrected chi connectivity index (χ3v) is 11.0. The monoisotopic (exact) mass is 705 g/mol. The molecule has 238 valence electrons. The Bertz CT molecular complexity index is 1500. The number of nitrogens with one attached hydrogen (secondary N) is 2. The van der Waals surface area contributed by atoms with Gasteiger partial charge in [-0.3, -0.25) is 0 Å². The van der Waals surface area contributed by atoms with Gasteiger partial charge >= 0.3 is 6.09 Å². The molecule has 2 heterocycles. The van der Waals surface area contributed by atoms with Gasteiger partial charge in [-0.2, -0.15) is 4.31 Å². The minimum Gasteiger partial charge on any atom is -0.492 e. The van der Waals surface area contributed by atoms with Gasteiger partial charge in [-0.1, -0.05) is 22.0 Å². The number of sulfonamides is 2. The van der Waals surface area contributed by atoms with Crippen molar-refractivity contribution in [3.8, 4) is 11.5 Å². The fourth-order valence-corrected chi connectivity index (χ4v) is 7.83. The molecule has 13 nitrogen and oxygen atoms in total. The van der Waals surface area contributed by atoms with E-state index in [0.717, 1.165) is 0 Å². The first kappa shape index (κ1) is 33.4. The molecule has 2 saturated heterocycles. The van der Waals surface area contributed by atoms with Crippen molar-refractivity contribution < 1.29 is 45.7 Å². The summed E-state index contributed by atoms with van der Waals surface area (Å²) in [5.41, 5.74) is -0.598. The maximum absolute atomic E-state index is 13.4. The SMILES string of the molecule is CCOc1ccc(Br)cc1S(=O)(=O)N1CCC2(CC1)C[C@H](OC(=O)NCC(O)COc1cccc(S(=O)(=O)NC)c1)CO2. The quantitative estimate of drug-likeness (QED) is 0.298. The van der Waals surface area contributed by atoms with Gasteiger partial charge in [-0.05, 0) is 57.1 Å². The molecule has 1 amide bonds. The van der Waals surface area contributed by atoms with E-state index in [0.29, 0.717) is 36.1 Å². The zero-order valence-electron chi connectivity index (χ0n) is 23.8. The first-order valence-electron chi connectivity index (χ1n) is 13.7. The number of amides is 1. The Morgan fingerprint density at radius 3 is 2.60 bits per heavy atom. The average molecular weight is 707 g/mol. The first-order valence-corrected chi connectivity index (χ1v) is 17.4. The van der Waals surface area contributed by atoms with E-state index in [2.05, 4.69) is 26.0 Å². The molecule has 2 atom stereocenters. The van der Waals surface area contributed by atoms with Gasteiger partial charge in [0.2, 0.25) is 20.0 Å². The second-order valence-electron chi connectivity index (χ2n) is 10.2. The molecule has 0 bridgehead atoms. The molecule has 2 aliphatic rings. The third kappa shape index (κ3) is 8.38. The van der Waals surface area contributed by atoms with E-state index in [1.807, 2.05) is 0 Å². The summed E-state index contributed by atoms with van der Waals surface area (Å²) in [6.07, 6.45) is -1.03.